The Kier molecular flexibility index (Phi) is 5.73. The number of nitrogens with zero attached hydrogens (tertiary/aromatic N) is 2. The lowest BCUT2D eigenvalue weighted by molar-refractivity contribution is 0.0677. The maximum absolute atomic E-state index is 12.7. The molecular formula is C21H23N3O4. The van der Waals surface area contributed by atoms with Crippen LogP contribution in [0.15, 0.2) is 36.5 Å². The van der Waals surface area contributed by atoms with E-state index in [9.17, 15) is 14.4 Å². The number of carboxylic acid groups (broad SMARTS) is 1. The summed E-state index contributed by atoms with van der Waals surface area (Å²) in [5.74, 6) is -1.01. The quantitative estimate of drug-likeness (QED) is 0.847. The van der Waals surface area contributed by atoms with Crippen molar-refractivity contribution >= 4 is 23.5 Å². The van der Waals surface area contributed by atoms with Crippen LogP contribution in [0.3, 0.4) is 0 Å². The highest BCUT2D eigenvalue weighted by molar-refractivity contribution is 6.05. The number of likely N-dealkylation sites (tertiary alicyclic amines) is 1. The van der Waals surface area contributed by atoms with Crippen LogP contribution >= 0.6 is 0 Å². The molecule has 1 aliphatic heterocycles. The van der Waals surface area contributed by atoms with Crippen LogP contribution in [-0.2, 0) is 0 Å². The van der Waals surface area contributed by atoms with E-state index in [4.69, 9.17) is 5.11 Å². The van der Waals surface area contributed by atoms with Crippen LogP contribution in [0.25, 0.3) is 0 Å². The number of benzene rings is 1. The fraction of sp³-hybridized carbons (Fsp3) is 0.333. The van der Waals surface area contributed by atoms with Gasteiger partial charge in [0.25, 0.3) is 11.8 Å². The Morgan fingerprint density at radius 3 is 2.54 bits per heavy atom. The van der Waals surface area contributed by atoms with Crippen molar-refractivity contribution in [3.63, 3.8) is 0 Å². The highest BCUT2D eigenvalue weighted by Crippen LogP contribution is 2.21. The van der Waals surface area contributed by atoms with Crippen molar-refractivity contribution < 1.29 is 19.5 Å². The number of aryl methyl sites for hydroxylation is 1. The molecule has 1 aromatic carbocycles. The third-order valence-electron chi connectivity index (χ3n) is 4.91. The molecule has 0 aliphatic carbocycles. The fourth-order valence-electron chi connectivity index (χ4n) is 3.34. The first-order valence-electron chi connectivity index (χ1n) is 9.26. The minimum Gasteiger partial charge on any atom is -0.477 e. The molecule has 0 bridgehead atoms. The summed E-state index contributed by atoms with van der Waals surface area (Å²) in [5.41, 5.74) is 2.11. The van der Waals surface area contributed by atoms with E-state index < -0.39 is 11.9 Å². The van der Waals surface area contributed by atoms with Crippen molar-refractivity contribution in [3.8, 4) is 0 Å². The van der Waals surface area contributed by atoms with Gasteiger partial charge in [0.15, 0.2) is 0 Å². The first kappa shape index (κ1) is 19.5. The Labute approximate surface area is 163 Å². The summed E-state index contributed by atoms with van der Waals surface area (Å²) in [4.78, 5) is 41.6. The maximum Gasteiger partial charge on any atom is 0.354 e. The van der Waals surface area contributed by atoms with E-state index in [1.54, 1.807) is 18.2 Å². The number of nitrogens with one attached hydrogen (secondary N) is 1. The molecule has 1 aromatic heterocycles. The standard InChI is InChI=1S/C21H23N3O4/c1-13-4-3-9-24(12-13)20(26)15-5-7-17(14(2)10-15)23-19(25)16-6-8-18(21(27)28)22-11-16/h5-8,10-11,13H,3-4,9,12H2,1-2H3,(H,23,25)(H,27,28). The molecule has 1 aliphatic rings. The van der Waals surface area contributed by atoms with Crippen LogP contribution in [-0.4, -0.2) is 45.9 Å². The molecule has 7 heteroatoms. The number of carboxylic acids is 1. The van der Waals surface area contributed by atoms with Crippen molar-refractivity contribution in [1.82, 2.24) is 9.88 Å². The Morgan fingerprint density at radius 2 is 1.93 bits per heavy atom. The normalized spacial score (nSPS) is 16.5. The van der Waals surface area contributed by atoms with Gasteiger partial charge in [0.2, 0.25) is 0 Å². The average Bonchev–Trinajstić information content (AvgIpc) is 2.69. The van der Waals surface area contributed by atoms with Gasteiger partial charge in [-0.15, -0.1) is 0 Å². The molecule has 146 valence electrons. The van der Waals surface area contributed by atoms with Gasteiger partial charge in [0, 0.05) is 30.5 Å². The summed E-state index contributed by atoms with van der Waals surface area (Å²) in [5, 5.41) is 11.6. The molecular weight excluding hydrogens is 358 g/mol. The number of aromatic nitrogens is 1. The second-order valence-corrected chi connectivity index (χ2v) is 7.22. The zero-order valence-corrected chi connectivity index (χ0v) is 15.9. The van der Waals surface area contributed by atoms with Crippen LogP contribution in [0.1, 0.15) is 56.5 Å². The minimum atomic E-state index is -1.15. The molecule has 2 aromatic rings. The van der Waals surface area contributed by atoms with Gasteiger partial charge < -0.3 is 15.3 Å². The Bertz CT molecular complexity index is 908. The zero-order valence-electron chi connectivity index (χ0n) is 15.9. The molecule has 2 N–H and O–H groups in total. The molecule has 0 radical (unpaired) electrons. The summed E-state index contributed by atoms with van der Waals surface area (Å²) in [6.07, 6.45) is 3.40. The van der Waals surface area contributed by atoms with Crippen molar-refractivity contribution in [2.45, 2.75) is 26.7 Å². The molecule has 1 fully saturated rings. The predicted octanol–water partition coefficient (Wildman–Crippen LogP) is 3.21. The van der Waals surface area contributed by atoms with Gasteiger partial charge in [-0.25, -0.2) is 9.78 Å². The third kappa shape index (κ3) is 4.36. The van der Waals surface area contributed by atoms with Crippen LogP contribution in [0, 0.1) is 12.8 Å². The van der Waals surface area contributed by atoms with E-state index in [1.165, 1.54) is 18.3 Å². The molecule has 2 amide bonds. The zero-order chi connectivity index (χ0) is 20.3. The van der Waals surface area contributed by atoms with Crippen molar-refractivity contribution in [3.05, 3.63) is 58.9 Å². The summed E-state index contributed by atoms with van der Waals surface area (Å²) < 4.78 is 0. The van der Waals surface area contributed by atoms with Gasteiger partial charge in [-0.3, -0.25) is 9.59 Å². The number of aromatic carboxylic acids is 1. The van der Waals surface area contributed by atoms with E-state index >= 15 is 0 Å². The first-order valence-corrected chi connectivity index (χ1v) is 9.26. The number of hydrogen-bond donors (Lipinski definition) is 2. The predicted molar refractivity (Wildman–Crippen MR) is 105 cm³/mol. The molecule has 0 spiro atoms. The van der Waals surface area contributed by atoms with E-state index in [1.807, 2.05) is 11.8 Å². The van der Waals surface area contributed by atoms with Crippen molar-refractivity contribution in [2.24, 2.45) is 5.92 Å². The van der Waals surface area contributed by atoms with Gasteiger partial charge >= 0.3 is 5.97 Å². The SMILES string of the molecule is Cc1cc(C(=O)N2CCCC(C)C2)ccc1NC(=O)c1ccc(C(=O)O)nc1. The topological polar surface area (TPSA) is 99.6 Å². The number of rotatable bonds is 4. The number of hydrogen-bond acceptors (Lipinski definition) is 4. The summed E-state index contributed by atoms with van der Waals surface area (Å²) >= 11 is 0. The van der Waals surface area contributed by atoms with Gasteiger partial charge in [0.1, 0.15) is 5.69 Å². The lowest BCUT2D eigenvalue weighted by Crippen LogP contribution is -2.39. The number of anilines is 1. The van der Waals surface area contributed by atoms with E-state index in [-0.39, 0.29) is 17.2 Å². The number of carbonyl (C=O) groups is 3. The smallest absolute Gasteiger partial charge is 0.354 e. The second kappa shape index (κ2) is 8.21. The van der Waals surface area contributed by atoms with Crippen molar-refractivity contribution in [2.75, 3.05) is 18.4 Å². The molecule has 1 atom stereocenters. The van der Waals surface area contributed by atoms with Gasteiger partial charge in [0.05, 0.1) is 5.56 Å². The molecule has 3 rings (SSSR count). The summed E-state index contributed by atoms with van der Waals surface area (Å²) in [6, 6.07) is 7.91. The number of carbonyl (C=O) groups excluding carboxylic acids is 2. The lowest BCUT2D eigenvalue weighted by atomic mass is 9.99. The number of amides is 2. The minimum absolute atomic E-state index is 0.0148. The molecule has 7 nitrogen and oxygen atoms in total. The maximum atomic E-state index is 12.7. The fourth-order valence-corrected chi connectivity index (χ4v) is 3.34. The van der Waals surface area contributed by atoms with Crippen LogP contribution in [0.4, 0.5) is 5.69 Å². The highest BCUT2D eigenvalue weighted by Gasteiger charge is 2.22. The van der Waals surface area contributed by atoms with Crippen LogP contribution in [0.5, 0.6) is 0 Å². The van der Waals surface area contributed by atoms with E-state index in [0.29, 0.717) is 17.2 Å². The molecule has 2 heterocycles. The lowest BCUT2D eigenvalue weighted by Gasteiger charge is -2.31. The molecule has 28 heavy (non-hydrogen) atoms. The van der Waals surface area contributed by atoms with E-state index in [0.717, 1.165) is 31.5 Å². The van der Waals surface area contributed by atoms with Crippen LogP contribution in [0.2, 0.25) is 0 Å². The number of piperidine rings is 1. The van der Waals surface area contributed by atoms with Gasteiger partial charge in [-0.05, 0) is 61.6 Å². The van der Waals surface area contributed by atoms with Crippen LogP contribution < -0.4 is 5.32 Å². The highest BCUT2D eigenvalue weighted by atomic mass is 16.4. The summed E-state index contributed by atoms with van der Waals surface area (Å²) in [7, 11) is 0. The third-order valence-corrected chi connectivity index (χ3v) is 4.91. The Balaban J connectivity index is 1.70. The molecule has 1 saturated heterocycles. The van der Waals surface area contributed by atoms with E-state index in [2.05, 4.69) is 17.2 Å². The van der Waals surface area contributed by atoms with Crippen molar-refractivity contribution in [1.29, 1.82) is 0 Å². The summed E-state index contributed by atoms with van der Waals surface area (Å²) in [6.45, 7) is 5.54. The van der Waals surface area contributed by atoms with Gasteiger partial charge in [-0.2, -0.15) is 0 Å². The molecule has 0 saturated carbocycles. The first-order chi connectivity index (χ1) is 13.3. The average molecular weight is 381 g/mol. The second-order valence-electron chi connectivity index (χ2n) is 7.22. The monoisotopic (exact) mass is 381 g/mol. The largest absolute Gasteiger partial charge is 0.477 e. The van der Waals surface area contributed by atoms with Gasteiger partial charge in [-0.1, -0.05) is 6.92 Å². The Hall–Kier alpha value is -3.22. The Morgan fingerprint density at radius 1 is 1.18 bits per heavy atom. The number of pyridine rings is 1. The molecule has 1 unspecified atom stereocenters.